The van der Waals surface area contributed by atoms with Crippen molar-refractivity contribution in [2.45, 2.75) is 19.8 Å². The lowest BCUT2D eigenvalue weighted by Gasteiger charge is -2.05. The Hall–Kier alpha value is -2.10. The zero-order chi connectivity index (χ0) is 12.1. The SMILES string of the molecule is CCCc1ccc(Nc2cccc(N)c2)nn1. The zero-order valence-corrected chi connectivity index (χ0v) is 9.85. The molecule has 1 heterocycles. The van der Waals surface area contributed by atoms with Crippen LogP contribution in [0.3, 0.4) is 0 Å². The molecule has 3 N–H and O–H groups in total. The monoisotopic (exact) mass is 228 g/mol. The van der Waals surface area contributed by atoms with E-state index in [4.69, 9.17) is 5.73 Å². The van der Waals surface area contributed by atoms with Crippen molar-refractivity contribution >= 4 is 17.2 Å². The highest BCUT2D eigenvalue weighted by Crippen LogP contribution is 2.16. The van der Waals surface area contributed by atoms with Crippen LogP contribution in [0.4, 0.5) is 17.2 Å². The summed E-state index contributed by atoms with van der Waals surface area (Å²) in [5, 5.41) is 11.4. The Balaban J connectivity index is 2.08. The maximum Gasteiger partial charge on any atom is 0.153 e. The number of hydrogen-bond donors (Lipinski definition) is 2. The van der Waals surface area contributed by atoms with Crippen molar-refractivity contribution in [2.24, 2.45) is 0 Å². The van der Waals surface area contributed by atoms with Gasteiger partial charge in [-0.3, -0.25) is 0 Å². The molecule has 17 heavy (non-hydrogen) atoms. The minimum absolute atomic E-state index is 0.727. The second-order valence-electron chi connectivity index (χ2n) is 3.91. The lowest BCUT2D eigenvalue weighted by Crippen LogP contribution is -1.98. The number of nitrogens with one attached hydrogen (secondary N) is 1. The van der Waals surface area contributed by atoms with Crippen molar-refractivity contribution < 1.29 is 0 Å². The van der Waals surface area contributed by atoms with E-state index in [1.165, 1.54) is 0 Å². The molecule has 0 amide bonds. The van der Waals surface area contributed by atoms with Gasteiger partial charge in [-0.05, 0) is 36.8 Å². The summed E-state index contributed by atoms with van der Waals surface area (Å²) >= 11 is 0. The van der Waals surface area contributed by atoms with Crippen molar-refractivity contribution in [3.8, 4) is 0 Å². The standard InChI is InChI=1S/C13H16N4/c1-2-4-11-7-8-13(17-16-11)15-12-6-3-5-10(14)9-12/h3,5-9H,2,4,14H2,1H3,(H,15,17). The molecular formula is C13H16N4. The first-order valence-electron chi connectivity index (χ1n) is 5.73. The first-order valence-corrected chi connectivity index (χ1v) is 5.73. The molecule has 0 atom stereocenters. The summed E-state index contributed by atoms with van der Waals surface area (Å²) in [6.07, 6.45) is 2.04. The summed E-state index contributed by atoms with van der Waals surface area (Å²) in [5.74, 6) is 0.732. The number of aromatic nitrogens is 2. The number of anilines is 3. The summed E-state index contributed by atoms with van der Waals surface area (Å²) in [6.45, 7) is 2.13. The van der Waals surface area contributed by atoms with E-state index in [1.54, 1.807) is 0 Å². The topological polar surface area (TPSA) is 63.8 Å². The summed E-state index contributed by atoms with van der Waals surface area (Å²) in [6, 6.07) is 11.5. The first kappa shape index (κ1) is 11.4. The summed E-state index contributed by atoms with van der Waals surface area (Å²) in [7, 11) is 0. The van der Waals surface area contributed by atoms with Gasteiger partial charge in [0.25, 0.3) is 0 Å². The normalized spacial score (nSPS) is 10.2. The summed E-state index contributed by atoms with van der Waals surface area (Å²) < 4.78 is 0. The maximum atomic E-state index is 5.70. The largest absolute Gasteiger partial charge is 0.399 e. The second kappa shape index (κ2) is 5.30. The van der Waals surface area contributed by atoms with Gasteiger partial charge in [-0.25, -0.2) is 0 Å². The number of nitrogen functional groups attached to an aromatic ring is 1. The molecule has 0 bridgehead atoms. The van der Waals surface area contributed by atoms with Crippen molar-refractivity contribution in [3.05, 3.63) is 42.1 Å². The van der Waals surface area contributed by atoms with Crippen LogP contribution in [0.15, 0.2) is 36.4 Å². The Morgan fingerprint density at radius 2 is 2.06 bits per heavy atom. The van der Waals surface area contributed by atoms with Gasteiger partial charge in [0.15, 0.2) is 5.82 Å². The quantitative estimate of drug-likeness (QED) is 0.790. The highest BCUT2D eigenvalue weighted by molar-refractivity contribution is 5.60. The highest BCUT2D eigenvalue weighted by atomic mass is 15.2. The van der Waals surface area contributed by atoms with Gasteiger partial charge in [0.05, 0.1) is 5.69 Å². The Morgan fingerprint density at radius 3 is 2.71 bits per heavy atom. The van der Waals surface area contributed by atoms with Gasteiger partial charge in [-0.15, -0.1) is 5.10 Å². The van der Waals surface area contributed by atoms with Crippen LogP contribution < -0.4 is 11.1 Å². The Kier molecular flexibility index (Phi) is 3.55. The van der Waals surface area contributed by atoms with Crippen molar-refractivity contribution in [3.63, 3.8) is 0 Å². The van der Waals surface area contributed by atoms with Crippen LogP contribution in [0.1, 0.15) is 19.0 Å². The number of benzene rings is 1. The number of nitrogens with two attached hydrogens (primary N) is 1. The fraction of sp³-hybridized carbons (Fsp3) is 0.231. The minimum atomic E-state index is 0.727. The zero-order valence-electron chi connectivity index (χ0n) is 9.85. The third kappa shape index (κ3) is 3.17. The third-order valence-electron chi connectivity index (χ3n) is 2.38. The fourth-order valence-corrected chi connectivity index (χ4v) is 1.58. The van der Waals surface area contributed by atoms with Gasteiger partial charge in [-0.1, -0.05) is 19.4 Å². The van der Waals surface area contributed by atoms with Crippen molar-refractivity contribution in [2.75, 3.05) is 11.1 Å². The highest BCUT2D eigenvalue weighted by Gasteiger charge is 1.98. The molecule has 0 radical (unpaired) electrons. The minimum Gasteiger partial charge on any atom is -0.399 e. The van der Waals surface area contributed by atoms with Gasteiger partial charge < -0.3 is 11.1 Å². The van der Waals surface area contributed by atoms with Crippen LogP contribution in [0.25, 0.3) is 0 Å². The molecule has 4 nitrogen and oxygen atoms in total. The van der Waals surface area contributed by atoms with Gasteiger partial charge in [-0.2, -0.15) is 5.10 Å². The van der Waals surface area contributed by atoms with Crippen LogP contribution >= 0.6 is 0 Å². The number of aryl methyl sites for hydroxylation is 1. The molecule has 2 rings (SSSR count). The molecule has 0 aliphatic carbocycles. The Labute approximate surface area is 101 Å². The number of hydrogen-bond acceptors (Lipinski definition) is 4. The van der Waals surface area contributed by atoms with Gasteiger partial charge in [0.1, 0.15) is 0 Å². The molecule has 0 saturated heterocycles. The molecule has 0 fully saturated rings. The number of nitrogens with zero attached hydrogens (tertiary/aromatic N) is 2. The lowest BCUT2D eigenvalue weighted by atomic mass is 10.2. The van der Waals surface area contributed by atoms with E-state index in [-0.39, 0.29) is 0 Å². The van der Waals surface area contributed by atoms with E-state index in [1.807, 2.05) is 36.4 Å². The molecular weight excluding hydrogens is 212 g/mol. The molecule has 4 heteroatoms. The van der Waals surface area contributed by atoms with E-state index < -0.39 is 0 Å². The van der Waals surface area contributed by atoms with E-state index in [2.05, 4.69) is 22.4 Å². The molecule has 88 valence electrons. The smallest absolute Gasteiger partial charge is 0.153 e. The predicted octanol–water partition coefficient (Wildman–Crippen LogP) is 2.75. The van der Waals surface area contributed by atoms with E-state index in [0.29, 0.717) is 0 Å². The molecule has 1 aromatic carbocycles. The number of rotatable bonds is 4. The van der Waals surface area contributed by atoms with Crippen LogP contribution in [0.5, 0.6) is 0 Å². The third-order valence-corrected chi connectivity index (χ3v) is 2.38. The van der Waals surface area contributed by atoms with Crippen molar-refractivity contribution in [1.82, 2.24) is 10.2 Å². The molecule has 0 aliphatic heterocycles. The van der Waals surface area contributed by atoms with Crippen LogP contribution in [0.2, 0.25) is 0 Å². The summed E-state index contributed by atoms with van der Waals surface area (Å²) in [4.78, 5) is 0. The van der Waals surface area contributed by atoms with Gasteiger partial charge >= 0.3 is 0 Å². The maximum absolute atomic E-state index is 5.70. The predicted molar refractivity (Wildman–Crippen MR) is 70.2 cm³/mol. The average Bonchev–Trinajstić information content (AvgIpc) is 2.32. The lowest BCUT2D eigenvalue weighted by molar-refractivity contribution is 0.841. The molecule has 0 unspecified atom stereocenters. The molecule has 0 spiro atoms. The van der Waals surface area contributed by atoms with Crippen LogP contribution in [-0.4, -0.2) is 10.2 Å². The van der Waals surface area contributed by atoms with Crippen molar-refractivity contribution in [1.29, 1.82) is 0 Å². The van der Waals surface area contributed by atoms with Gasteiger partial charge in [0, 0.05) is 11.4 Å². The van der Waals surface area contributed by atoms with E-state index >= 15 is 0 Å². The molecule has 1 aromatic heterocycles. The van der Waals surface area contributed by atoms with E-state index in [9.17, 15) is 0 Å². The van der Waals surface area contributed by atoms with Crippen LogP contribution in [-0.2, 0) is 6.42 Å². The molecule has 0 saturated carbocycles. The Morgan fingerprint density at radius 1 is 1.18 bits per heavy atom. The summed E-state index contributed by atoms with van der Waals surface area (Å²) in [5.41, 5.74) is 8.37. The Bertz CT molecular complexity index is 479. The first-order chi connectivity index (χ1) is 8.28. The second-order valence-corrected chi connectivity index (χ2v) is 3.91. The van der Waals surface area contributed by atoms with Gasteiger partial charge in [0.2, 0.25) is 0 Å². The fourth-order valence-electron chi connectivity index (χ4n) is 1.58. The van der Waals surface area contributed by atoms with E-state index in [0.717, 1.165) is 35.7 Å². The van der Waals surface area contributed by atoms with Crippen LogP contribution in [0, 0.1) is 0 Å². The molecule has 0 aliphatic rings. The average molecular weight is 228 g/mol. The molecule has 2 aromatic rings.